The van der Waals surface area contributed by atoms with Gasteiger partial charge < -0.3 is 0 Å². The SMILES string of the molecule is C=C/C(=C\C(C)=C/C)c1cncs1. The molecule has 0 saturated heterocycles. The zero-order valence-electron chi connectivity index (χ0n) is 7.95. The number of allylic oxidation sites excluding steroid dienone is 5. The van der Waals surface area contributed by atoms with Gasteiger partial charge >= 0.3 is 0 Å². The molecule has 68 valence electrons. The maximum atomic E-state index is 4.03. The lowest BCUT2D eigenvalue weighted by Gasteiger charge is -1.96. The highest BCUT2D eigenvalue weighted by Gasteiger charge is 1.98. The molecule has 0 aliphatic rings. The van der Waals surface area contributed by atoms with Crippen molar-refractivity contribution in [3.05, 3.63) is 47.0 Å². The van der Waals surface area contributed by atoms with Gasteiger partial charge in [-0.1, -0.05) is 30.4 Å². The Morgan fingerprint density at radius 2 is 2.38 bits per heavy atom. The Labute approximate surface area is 83.1 Å². The summed E-state index contributed by atoms with van der Waals surface area (Å²) in [7, 11) is 0. The number of hydrogen-bond acceptors (Lipinski definition) is 2. The topological polar surface area (TPSA) is 12.9 Å². The van der Waals surface area contributed by atoms with Crippen molar-refractivity contribution in [3.8, 4) is 0 Å². The molecule has 1 aromatic rings. The Morgan fingerprint density at radius 3 is 2.85 bits per heavy atom. The molecule has 0 spiro atoms. The van der Waals surface area contributed by atoms with Crippen molar-refractivity contribution < 1.29 is 0 Å². The van der Waals surface area contributed by atoms with Crippen LogP contribution >= 0.6 is 11.3 Å². The van der Waals surface area contributed by atoms with Crippen molar-refractivity contribution in [1.82, 2.24) is 4.98 Å². The number of aromatic nitrogens is 1. The lowest BCUT2D eigenvalue weighted by molar-refractivity contribution is 1.41. The van der Waals surface area contributed by atoms with Crippen molar-refractivity contribution >= 4 is 16.9 Å². The van der Waals surface area contributed by atoms with E-state index in [9.17, 15) is 0 Å². The van der Waals surface area contributed by atoms with Crippen molar-refractivity contribution in [2.24, 2.45) is 0 Å². The predicted octanol–water partition coefficient (Wildman–Crippen LogP) is 3.68. The Bertz CT molecular complexity index is 331. The van der Waals surface area contributed by atoms with Gasteiger partial charge in [0.05, 0.1) is 10.4 Å². The van der Waals surface area contributed by atoms with Crippen LogP contribution in [0.1, 0.15) is 18.7 Å². The Morgan fingerprint density at radius 1 is 1.62 bits per heavy atom. The van der Waals surface area contributed by atoms with E-state index in [2.05, 4.69) is 30.6 Å². The van der Waals surface area contributed by atoms with Crippen LogP contribution in [0.4, 0.5) is 0 Å². The largest absolute Gasteiger partial charge is 0.252 e. The van der Waals surface area contributed by atoms with E-state index in [0.717, 1.165) is 10.5 Å². The zero-order chi connectivity index (χ0) is 9.68. The molecule has 0 radical (unpaired) electrons. The molecule has 0 bridgehead atoms. The molecule has 1 rings (SSSR count). The maximum absolute atomic E-state index is 4.03. The molecule has 2 heteroatoms. The summed E-state index contributed by atoms with van der Waals surface area (Å²) in [5, 5.41) is 0. The van der Waals surface area contributed by atoms with Crippen LogP contribution in [0.5, 0.6) is 0 Å². The van der Waals surface area contributed by atoms with Gasteiger partial charge in [-0.05, 0) is 19.4 Å². The summed E-state index contributed by atoms with van der Waals surface area (Å²) in [6, 6.07) is 0. The maximum Gasteiger partial charge on any atom is 0.0797 e. The van der Waals surface area contributed by atoms with Crippen molar-refractivity contribution in [3.63, 3.8) is 0 Å². The summed E-state index contributed by atoms with van der Waals surface area (Å²) in [4.78, 5) is 5.20. The summed E-state index contributed by atoms with van der Waals surface area (Å²) in [5.74, 6) is 0. The van der Waals surface area contributed by atoms with Crippen LogP contribution in [-0.4, -0.2) is 4.98 Å². The first-order valence-electron chi connectivity index (χ1n) is 4.14. The van der Waals surface area contributed by atoms with Gasteiger partial charge in [0, 0.05) is 6.20 Å². The highest BCUT2D eigenvalue weighted by atomic mass is 32.1. The molecule has 13 heavy (non-hydrogen) atoms. The third kappa shape index (κ3) is 2.67. The molecular formula is C11H13NS. The predicted molar refractivity (Wildman–Crippen MR) is 59.7 cm³/mol. The van der Waals surface area contributed by atoms with Crippen LogP contribution in [0.15, 0.2) is 42.1 Å². The molecule has 1 nitrogen and oxygen atoms in total. The monoisotopic (exact) mass is 191 g/mol. The van der Waals surface area contributed by atoms with E-state index < -0.39 is 0 Å². The van der Waals surface area contributed by atoms with Gasteiger partial charge in [-0.15, -0.1) is 11.3 Å². The fourth-order valence-corrected chi connectivity index (χ4v) is 1.55. The van der Waals surface area contributed by atoms with Crippen LogP contribution in [0, 0.1) is 0 Å². The average Bonchev–Trinajstić information content (AvgIpc) is 2.66. The van der Waals surface area contributed by atoms with Gasteiger partial charge in [0.1, 0.15) is 0 Å². The molecule has 0 N–H and O–H groups in total. The molecule has 0 fully saturated rings. The minimum Gasteiger partial charge on any atom is -0.252 e. The van der Waals surface area contributed by atoms with E-state index in [1.165, 1.54) is 5.57 Å². The molecule has 0 amide bonds. The average molecular weight is 191 g/mol. The van der Waals surface area contributed by atoms with Gasteiger partial charge in [0.2, 0.25) is 0 Å². The molecule has 0 aliphatic carbocycles. The summed E-state index contributed by atoms with van der Waals surface area (Å²) in [6.07, 6.45) is 7.91. The number of rotatable bonds is 3. The van der Waals surface area contributed by atoms with Crippen molar-refractivity contribution in [2.75, 3.05) is 0 Å². The second-order valence-electron chi connectivity index (χ2n) is 2.70. The van der Waals surface area contributed by atoms with E-state index >= 15 is 0 Å². The van der Waals surface area contributed by atoms with Gasteiger partial charge in [-0.2, -0.15) is 0 Å². The van der Waals surface area contributed by atoms with Crippen LogP contribution in [-0.2, 0) is 0 Å². The molecular weight excluding hydrogens is 178 g/mol. The molecule has 0 aliphatic heterocycles. The summed E-state index contributed by atoms with van der Waals surface area (Å²) >= 11 is 1.63. The number of nitrogens with zero attached hydrogens (tertiary/aromatic N) is 1. The summed E-state index contributed by atoms with van der Waals surface area (Å²) < 4.78 is 0. The lowest BCUT2D eigenvalue weighted by Crippen LogP contribution is -1.75. The van der Waals surface area contributed by atoms with Crippen molar-refractivity contribution in [1.29, 1.82) is 0 Å². The highest BCUT2D eigenvalue weighted by Crippen LogP contribution is 2.20. The van der Waals surface area contributed by atoms with E-state index in [4.69, 9.17) is 0 Å². The highest BCUT2D eigenvalue weighted by molar-refractivity contribution is 7.10. The van der Waals surface area contributed by atoms with Gasteiger partial charge in [0.25, 0.3) is 0 Å². The first-order valence-corrected chi connectivity index (χ1v) is 5.01. The minimum atomic E-state index is 1.14. The normalized spacial score (nSPS) is 13.1. The van der Waals surface area contributed by atoms with Crippen LogP contribution in [0.2, 0.25) is 0 Å². The molecule has 0 aromatic carbocycles. The molecule has 0 unspecified atom stereocenters. The quantitative estimate of drug-likeness (QED) is 0.664. The summed E-state index contributed by atoms with van der Waals surface area (Å²) in [6.45, 7) is 7.89. The fourth-order valence-electron chi connectivity index (χ4n) is 0.918. The Kier molecular flexibility index (Phi) is 3.65. The molecule has 1 aromatic heterocycles. The first kappa shape index (κ1) is 9.93. The van der Waals surface area contributed by atoms with E-state index in [-0.39, 0.29) is 0 Å². The minimum absolute atomic E-state index is 1.14. The lowest BCUT2D eigenvalue weighted by atomic mass is 10.1. The van der Waals surface area contributed by atoms with Gasteiger partial charge in [-0.3, -0.25) is 4.98 Å². The Hall–Kier alpha value is -1.15. The number of thiazole rings is 1. The van der Waals surface area contributed by atoms with E-state index in [1.54, 1.807) is 11.3 Å². The first-order chi connectivity index (χ1) is 6.27. The standard InChI is InChI=1S/C11H13NS/c1-4-9(3)6-10(5-2)11-7-12-8-13-11/h4-8H,2H2,1,3H3/b9-4-,10-6+. The van der Waals surface area contributed by atoms with Crippen molar-refractivity contribution in [2.45, 2.75) is 13.8 Å². The third-order valence-electron chi connectivity index (χ3n) is 1.78. The van der Waals surface area contributed by atoms with E-state index in [0.29, 0.717) is 0 Å². The molecule has 0 saturated carbocycles. The van der Waals surface area contributed by atoms with Crippen LogP contribution in [0.3, 0.4) is 0 Å². The second kappa shape index (κ2) is 4.77. The van der Waals surface area contributed by atoms with Gasteiger partial charge in [-0.25, -0.2) is 0 Å². The van der Waals surface area contributed by atoms with E-state index in [1.807, 2.05) is 24.7 Å². The Balaban J connectivity index is 2.99. The summed E-state index contributed by atoms with van der Waals surface area (Å²) in [5.41, 5.74) is 4.21. The zero-order valence-corrected chi connectivity index (χ0v) is 8.77. The fraction of sp³-hybridized carbons (Fsp3) is 0.182. The van der Waals surface area contributed by atoms with Crippen LogP contribution < -0.4 is 0 Å². The van der Waals surface area contributed by atoms with Crippen LogP contribution in [0.25, 0.3) is 5.57 Å². The number of hydrogen-bond donors (Lipinski definition) is 0. The smallest absolute Gasteiger partial charge is 0.0797 e. The third-order valence-corrected chi connectivity index (χ3v) is 2.60. The van der Waals surface area contributed by atoms with Gasteiger partial charge in [0.15, 0.2) is 0 Å². The molecule has 1 heterocycles. The molecule has 0 atom stereocenters. The second-order valence-corrected chi connectivity index (χ2v) is 3.59.